The lowest BCUT2D eigenvalue weighted by Crippen LogP contribution is -2.56. The van der Waals surface area contributed by atoms with Crippen LogP contribution in [0, 0.1) is 0 Å². The molecule has 4 heterocycles. The third kappa shape index (κ3) is 4.48. The van der Waals surface area contributed by atoms with Gasteiger partial charge in [0.15, 0.2) is 5.13 Å². The minimum atomic E-state index is -0.555. The third-order valence-electron chi connectivity index (χ3n) is 5.42. The van der Waals surface area contributed by atoms with E-state index >= 15 is 0 Å². The number of hydrogen-bond donors (Lipinski definition) is 1. The summed E-state index contributed by atoms with van der Waals surface area (Å²) in [6, 6.07) is 16.3. The number of likely N-dealkylation sites (tertiary alicyclic amines) is 1. The Morgan fingerprint density at radius 1 is 1.00 bits per heavy atom. The summed E-state index contributed by atoms with van der Waals surface area (Å²) in [6.45, 7) is 0.496. The molecule has 0 bridgehead atoms. The maximum absolute atomic E-state index is 12.8. The van der Waals surface area contributed by atoms with Gasteiger partial charge in [-0.1, -0.05) is 35.9 Å². The maximum Gasteiger partial charge on any atom is 0.273 e. The summed E-state index contributed by atoms with van der Waals surface area (Å²) in [5.74, 6) is -0.570. The molecule has 1 aliphatic rings. The van der Waals surface area contributed by atoms with Gasteiger partial charge in [-0.15, -0.1) is 11.3 Å². The highest BCUT2D eigenvalue weighted by atomic mass is 35.5. The van der Waals surface area contributed by atoms with E-state index in [0.29, 0.717) is 18.1 Å². The largest absolute Gasteiger partial charge is 0.325 e. The van der Waals surface area contributed by atoms with E-state index in [9.17, 15) is 9.59 Å². The molecule has 164 valence electrons. The Balaban J connectivity index is 1.28. The van der Waals surface area contributed by atoms with E-state index in [-0.39, 0.29) is 22.7 Å². The first-order chi connectivity index (χ1) is 16.1. The van der Waals surface area contributed by atoms with Gasteiger partial charge >= 0.3 is 0 Å². The van der Waals surface area contributed by atoms with Gasteiger partial charge in [-0.25, -0.2) is 9.97 Å². The first kappa shape index (κ1) is 21.2. The van der Waals surface area contributed by atoms with E-state index in [2.05, 4.69) is 26.3 Å². The molecule has 0 saturated carbocycles. The summed E-state index contributed by atoms with van der Waals surface area (Å²) in [5, 5.41) is 5.48. The van der Waals surface area contributed by atoms with Gasteiger partial charge in [0.25, 0.3) is 5.91 Å². The molecule has 0 spiro atoms. The van der Waals surface area contributed by atoms with Gasteiger partial charge in [-0.05, 0) is 47.9 Å². The van der Waals surface area contributed by atoms with Crippen molar-refractivity contribution in [1.82, 2.24) is 19.9 Å². The number of pyridine rings is 2. The Hall–Kier alpha value is -3.62. The SMILES string of the molecule is O=C(Nc1nc(-c2cccc(-c3ccncc3)c2)cs1)C1CCN1C(=O)c1cccc(Cl)n1. The summed E-state index contributed by atoms with van der Waals surface area (Å²) in [6.07, 6.45) is 4.11. The number of nitrogens with one attached hydrogen (secondary N) is 1. The summed E-state index contributed by atoms with van der Waals surface area (Å²) in [5.41, 5.74) is 4.08. The van der Waals surface area contributed by atoms with Crippen molar-refractivity contribution in [3.05, 3.63) is 83.2 Å². The number of anilines is 1. The van der Waals surface area contributed by atoms with Crippen LogP contribution in [0.2, 0.25) is 5.15 Å². The Morgan fingerprint density at radius 2 is 1.79 bits per heavy atom. The average molecular weight is 476 g/mol. The van der Waals surface area contributed by atoms with Gasteiger partial charge in [0.2, 0.25) is 5.91 Å². The second kappa shape index (κ2) is 9.09. The monoisotopic (exact) mass is 475 g/mol. The summed E-state index contributed by atoms with van der Waals surface area (Å²) in [4.78, 5) is 39.7. The quantitative estimate of drug-likeness (QED) is 0.420. The summed E-state index contributed by atoms with van der Waals surface area (Å²) in [7, 11) is 0. The topological polar surface area (TPSA) is 88.1 Å². The van der Waals surface area contributed by atoms with E-state index in [1.54, 1.807) is 30.6 Å². The number of hydrogen-bond acceptors (Lipinski definition) is 6. The minimum absolute atomic E-state index is 0.227. The van der Waals surface area contributed by atoms with Gasteiger partial charge < -0.3 is 10.2 Å². The third-order valence-corrected chi connectivity index (χ3v) is 6.39. The predicted molar refractivity (Wildman–Crippen MR) is 128 cm³/mol. The van der Waals surface area contributed by atoms with Crippen LogP contribution in [-0.2, 0) is 4.79 Å². The fourth-order valence-corrected chi connectivity index (χ4v) is 4.52. The highest BCUT2D eigenvalue weighted by molar-refractivity contribution is 7.14. The second-order valence-electron chi connectivity index (χ2n) is 7.49. The molecule has 1 fully saturated rings. The molecule has 1 saturated heterocycles. The number of thiazole rings is 1. The molecule has 33 heavy (non-hydrogen) atoms. The Labute approximate surface area is 199 Å². The molecule has 1 aromatic carbocycles. The number of halogens is 1. The number of benzene rings is 1. The van der Waals surface area contributed by atoms with Crippen molar-refractivity contribution in [3.63, 3.8) is 0 Å². The number of nitrogens with zero attached hydrogens (tertiary/aromatic N) is 4. The van der Waals surface area contributed by atoms with Crippen molar-refractivity contribution in [1.29, 1.82) is 0 Å². The van der Waals surface area contributed by atoms with Crippen molar-refractivity contribution in [2.24, 2.45) is 0 Å². The van der Waals surface area contributed by atoms with Crippen molar-refractivity contribution in [3.8, 4) is 22.4 Å². The summed E-state index contributed by atoms with van der Waals surface area (Å²) < 4.78 is 0. The van der Waals surface area contributed by atoms with Crippen LogP contribution in [-0.4, -0.2) is 44.3 Å². The maximum atomic E-state index is 12.8. The van der Waals surface area contributed by atoms with Crippen molar-refractivity contribution < 1.29 is 9.59 Å². The molecule has 1 aliphatic heterocycles. The molecule has 1 unspecified atom stereocenters. The molecular weight excluding hydrogens is 458 g/mol. The molecule has 1 N–H and O–H groups in total. The Kier molecular flexibility index (Phi) is 5.85. The van der Waals surface area contributed by atoms with Crippen molar-refractivity contribution in [2.45, 2.75) is 12.5 Å². The zero-order valence-corrected chi connectivity index (χ0v) is 18.9. The van der Waals surface area contributed by atoms with Crippen molar-refractivity contribution in [2.75, 3.05) is 11.9 Å². The molecule has 5 rings (SSSR count). The minimum Gasteiger partial charge on any atom is -0.325 e. The standard InChI is InChI=1S/C24H18ClN5O2S/c25-21-6-2-5-18(27-21)23(32)30-12-9-20(30)22(31)29-24-28-19(14-33-24)17-4-1-3-16(13-17)15-7-10-26-11-8-15/h1-8,10-11,13-14,20H,9,12H2,(H,28,29,31). The zero-order chi connectivity index (χ0) is 22.8. The highest BCUT2D eigenvalue weighted by Gasteiger charge is 2.38. The smallest absolute Gasteiger partial charge is 0.273 e. The first-order valence-corrected chi connectivity index (χ1v) is 11.5. The van der Waals surface area contributed by atoms with Gasteiger partial charge in [0, 0.05) is 29.9 Å². The molecule has 0 radical (unpaired) electrons. The van der Waals surface area contributed by atoms with Gasteiger partial charge in [-0.3, -0.25) is 14.6 Å². The van der Waals surface area contributed by atoms with E-state index in [1.165, 1.54) is 16.2 Å². The van der Waals surface area contributed by atoms with E-state index in [1.807, 2.05) is 35.7 Å². The van der Waals surface area contributed by atoms with Gasteiger partial charge in [-0.2, -0.15) is 0 Å². The van der Waals surface area contributed by atoms with Crippen LogP contribution >= 0.6 is 22.9 Å². The predicted octanol–water partition coefficient (Wildman–Crippen LogP) is 4.77. The van der Waals surface area contributed by atoms with Crippen LogP contribution in [0.5, 0.6) is 0 Å². The fraction of sp³-hybridized carbons (Fsp3) is 0.125. The van der Waals surface area contributed by atoms with E-state index < -0.39 is 6.04 Å². The Morgan fingerprint density at radius 3 is 2.55 bits per heavy atom. The normalized spacial score (nSPS) is 15.1. The molecule has 3 aromatic heterocycles. The van der Waals surface area contributed by atoms with Gasteiger partial charge in [0.05, 0.1) is 5.69 Å². The van der Waals surface area contributed by atoms with Crippen LogP contribution in [0.4, 0.5) is 5.13 Å². The molecule has 0 aliphatic carbocycles. The lowest BCUT2D eigenvalue weighted by molar-refractivity contribution is -0.123. The van der Waals surface area contributed by atoms with E-state index in [0.717, 1.165) is 22.4 Å². The molecule has 4 aromatic rings. The van der Waals surface area contributed by atoms with Gasteiger partial charge in [0.1, 0.15) is 16.9 Å². The molecule has 7 nitrogen and oxygen atoms in total. The number of carbonyl (C=O) groups excluding carboxylic acids is 2. The first-order valence-electron chi connectivity index (χ1n) is 10.3. The molecular formula is C24H18ClN5O2S. The lowest BCUT2D eigenvalue weighted by atomic mass is 10.0. The fourth-order valence-electron chi connectivity index (χ4n) is 3.63. The summed E-state index contributed by atoms with van der Waals surface area (Å²) >= 11 is 7.24. The van der Waals surface area contributed by atoms with Crippen LogP contribution in [0.25, 0.3) is 22.4 Å². The molecule has 1 atom stereocenters. The number of amides is 2. The number of rotatable bonds is 5. The number of aromatic nitrogens is 3. The van der Waals surface area contributed by atoms with Crippen LogP contribution < -0.4 is 5.32 Å². The van der Waals surface area contributed by atoms with Crippen LogP contribution in [0.15, 0.2) is 72.4 Å². The average Bonchev–Trinajstić information content (AvgIpc) is 3.27. The zero-order valence-electron chi connectivity index (χ0n) is 17.3. The van der Waals surface area contributed by atoms with Crippen LogP contribution in [0.1, 0.15) is 16.9 Å². The van der Waals surface area contributed by atoms with Crippen LogP contribution in [0.3, 0.4) is 0 Å². The number of carbonyl (C=O) groups is 2. The Bertz CT molecular complexity index is 1330. The van der Waals surface area contributed by atoms with Crippen molar-refractivity contribution >= 4 is 39.9 Å². The molecule has 9 heteroatoms. The molecule has 2 amide bonds. The second-order valence-corrected chi connectivity index (χ2v) is 8.74. The lowest BCUT2D eigenvalue weighted by Gasteiger charge is -2.39. The highest BCUT2D eigenvalue weighted by Crippen LogP contribution is 2.29. The van der Waals surface area contributed by atoms with E-state index in [4.69, 9.17) is 11.6 Å².